The number of likely N-dealkylation sites (tertiary alicyclic amines) is 1. The van der Waals surface area contributed by atoms with Crippen molar-refractivity contribution in [3.8, 4) is 0 Å². The molecule has 160 valence electrons. The van der Waals surface area contributed by atoms with Crippen molar-refractivity contribution in [1.82, 2.24) is 15.1 Å². The van der Waals surface area contributed by atoms with Crippen LogP contribution in [-0.4, -0.2) is 81.8 Å². The number of guanidine groups is 1. The Morgan fingerprint density at radius 2 is 2.14 bits per heavy atom. The van der Waals surface area contributed by atoms with Crippen LogP contribution in [0.1, 0.15) is 18.5 Å². The molecule has 0 aromatic heterocycles. The largest absolute Gasteiger partial charge is 0.469 e. The summed E-state index contributed by atoms with van der Waals surface area (Å²) in [5.74, 6) is 0.759. The maximum atomic E-state index is 12.0. The molecule has 7 nitrogen and oxygen atoms in total. The summed E-state index contributed by atoms with van der Waals surface area (Å²) in [5, 5.41) is 4.26. The first-order valence-corrected chi connectivity index (χ1v) is 10.5. The Balaban J connectivity index is 1.70. The van der Waals surface area contributed by atoms with Gasteiger partial charge in [0.15, 0.2) is 5.96 Å². The Labute approximate surface area is 178 Å². The van der Waals surface area contributed by atoms with E-state index in [1.807, 2.05) is 18.2 Å². The molecule has 1 aromatic carbocycles. The number of morpholine rings is 1. The van der Waals surface area contributed by atoms with Crippen molar-refractivity contribution in [2.75, 3.05) is 60.1 Å². The normalized spacial score (nSPS) is 24.4. The highest BCUT2D eigenvalue weighted by atomic mass is 35.5. The summed E-state index contributed by atoms with van der Waals surface area (Å²) in [7, 11) is 3.23. The van der Waals surface area contributed by atoms with E-state index in [1.54, 1.807) is 7.05 Å². The molecule has 1 aromatic rings. The minimum absolute atomic E-state index is 0.124. The standard InChI is InChI=1S/C21H31ClN4O3/c1-15-13-26(14-18(15)20(27)28-3)21(23-2)24-12-19(25-7-9-29-10-8-25)16-5-4-6-17(22)11-16/h4-6,11,15,18-19H,7-10,12-14H2,1-3H3,(H,23,24). The Morgan fingerprint density at radius 1 is 1.38 bits per heavy atom. The molecule has 0 spiro atoms. The Bertz CT molecular complexity index is 724. The summed E-state index contributed by atoms with van der Waals surface area (Å²) in [6.45, 7) is 7.39. The molecule has 3 rings (SSSR count). The molecule has 0 bridgehead atoms. The van der Waals surface area contributed by atoms with E-state index in [0.29, 0.717) is 13.1 Å². The fraction of sp³-hybridized carbons (Fsp3) is 0.619. The van der Waals surface area contributed by atoms with E-state index in [1.165, 1.54) is 12.7 Å². The minimum Gasteiger partial charge on any atom is -0.469 e. The number of carbonyl (C=O) groups excluding carboxylic acids is 1. The number of aliphatic imine (C=N–C) groups is 1. The molecule has 0 saturated carbocycles. The third-order valence-corrected chi connectivity index (χ3v) is 6.04. The van der Waals surface area contributed by atoms with E-state index in [-0.39, 0.29) is 23.8 Å². The maximum Gasteiger partial charge on any atom is 0.310 e. The van der Waals surface area contributed by atoms with Crippen molar-refractivity contribution in [2.24, 2.45) is 16.8 Å². The smallest absolute Gasteiger partial charge is 0.310 e. The van der Waals surface area contributed by atoms with Crippen LogP contribution in [0.25, 0.3) is 0 Å². The van der Waals surface area contributed by atoms with Gasteiger partial charge in [0.25, 0.3) is 0 Å². The first kappa shape index (κ1) is 21.9. The molecule has 0 radical (unpaired) electrons. The van der Waals surface area contributed by atoms with Gasteiger partial charge in [-0.1, -0.05) is 30.7 Å². The highest BCUT2D eigenvalue weighted by Crippen LogP contribution is 2.26. The second-order valence-electron chi connectivity index (χ2n) is 7.66. The predicted molar refractivity (Wildman–Crippen MR) is 114 cm³/mol. The molecule has 2 saturated heterocycles. The van der Waals surface area contributed by atoms with Crippen LogP contribution in [0, 0.1) is 11.8 Å². The van der Waals surface area contributed by atoms with Crippen LogP contribution in [0.2, 0.25) is 5.02 Å². The van der Waals surface area contributed by atoms with Crippen LogP contribution in [-0.2, 0) is 14.3 Å². The Morgan fingerprint density at radius 3 is 2.79 bits per heavy atom. The van der Waals surface area contributed by atoms with Gasteiger partial charge in [0, 0.05) is 44.8 Å². The third kappa shape index (κ3) is 5.41. The number of ether oxygens (including phenoxy) is 2. The summed E-state index contributed by atoms with van der Waals surface area (Å²) in [4.78, 5) is 21.0. The number of methoxy groups -OCH3 is 1. The van der Waals surface area contributed by atoms with E-state index in [4.69, 9.17) is 21.1 Å². The van der Waals surface area contributed by atoms with Crippen molar-refractivity contribution < 1.29 is 14.3 Å². The molecular formula is C21H31ClN4O3. The second kappa shape index (κ2) is 10.3. The van der Waals surface area contributed by atoms with Crippen LogP contribution in [0.4, 0.5) is 0 Å². The quantitative estimate of drug-likeness (QED) is 0.445. The minimum atomic E-state index is -0.152. The second-order valence-corrected chi connectivity index (χ2v) is 8.10. The molecule has 0 amide bonds. The van der Waals surface area contributed by atoms with Crippen molar-refractivity contribution >= 4 is 23.5 Å². The monoisotopic (exact) mass is 422 g/mol. The summed E-state index contributed by atoms with van der Waals surface area (Å²) in [6, 6.07) is 8.18. The van der Waals surface area contributed by atoms with Gasteiger partial charge in [-0.2, -0.15) is 0 Å². The average molecular weight is 423 g/mol. The molecule has 2 heterocycles. The fourth-order valence-electron chi connectivity index (χ4n) is 4.18. The molecule has 2 fully saturated rings. The topological polar surface area (TPSA) is 66.4 Å². The molecule has 1 N–H and O–H groups in total. The van der Waals surface area contributed by atoms with Gasteiger partial charge in [-0.3, -0.25) is 14.7 Å². The molecule has 3 atom stereocenters. The number of nitrogens with one attached hydrogen (secondary N) is 1. The van der Waals surface area contributed by atoms with Crippen LogP contribution < -0.4 is 5.32 Å². The molecule has 0 aliphatic carbocycles. The van der Waals surface area contributed by atoms with Crippen LogP contribution >= 0.6 is 11.6 Å². The van der Waals surface area contributed by atoms with Gasteiger partial charge in [-0.15, -0.1) is 0 Å². The van der Waals surface area contributed by atoms with Gasteiger partial charge < -0.3 is 19.7 Å². The zero-order chi connectivity index (χ0) is 20.8. The lowest BCUT2D eigenvalue weighted by molar-refractivity contribution is -0.145. The number of nitrogens with zero attached hydrogens (tertiary/aromatic N) is 3. The highest BCUT2D eigenvalue weighted by Gasteiger charge is 2.37. The SMILES string of the molecule is CN=C(NCC(c1cccc(Cl)c1)N1CCOCC1)N1CC(C)C(C(=O)OC)C1. The molecule has 29 heavy (non-hydrogen) atoms. The predicted octanol–water partition coefficient (Wildman–Crippen LogP) is 2.03. The maximum absolute atomic E-state index is 12.0. The van der Waals surface area contributed by atoms with Crippen molar-refractivity contribution in [2.45, 2.75) is 13.0 Å². The molecule has 2 aliphatic heterocycles. The summed E-state index contributed by atoms with van der Waals surface area (Å²) >= 11 is 6.26. The van der Waals surface area contributed by atoms with Gasteiger partial charge in [0.2, 0.25) is 0 Å². The van der Waals surface area contributed by atoms with Crippen molar-refractivity contribution in [3.05, 3.63) is 34.9 Å². The van der Waals surface area contributed by atoms with E-state index >= 15 is 0 Å². The number of carbonyl (C=O) groups is 1. The number of esters is 1. The lowest BCUT2D eigenvalue weighted by Crippen LogP contribution is -2.47. The average Bonchev–Trinajstić information content (AvgIpc) is 3.12. The van der Waals surface area contributed by atoms with Gasteiger partial charge >= 0.3 is 5.97 Å². The summed E-state index contributed by atoms with van der Waals surface area (Å²) in [6.07, 6.45) is 0. The van der Waals surface area contributed by atoms with Crippen LogP contribution in [0.15, 0.2) is 29.3 Å². The Hall–Kier alpha value is -1.83. The van der Waals surface area contributed by atoms with E-state index in [9.17, 15) is 4.79 Å². The van der Waals surface area contributed by atoms with E-state index < -0.39 is 0 Å². The zero-order valence-corrected chi connectivity index (χ0v) is 18.2. The number of hydrogen-bond donors (Lipinski definition) is 1. The molecule has 3 unspecified atom stereocenters. The number of halogens is 1. The van der Waals surface area contributed by atoms with E-state index in [2.05, 4.69) is 33.1 Å². The van der Waals surface area contributed by atoms with Gasteiger partial charge in [-0.25, -0.2) is 0 Å². The summed E-state index contributed by atoms with van der Waals surface area (Å²) < 4.78 is 10.5. The lowest BCUT2D eigenvalue weighted by Gasteiger charge is -2.35. The Kier molecular flexibility index (Phi) is 7.75. The molecule has 2 aliphatic rings. The van der Waals surface area contributed by atoms with Gasteiger partial charge in [-0.05, 0) is 23.6 Å². The number of benzene rings is 1. The first-order valence-electron chi connectivity index (χ1n) is 10.1. The van der Waals surface area contributed by atoms with E-state index in [0.717, 1.165) is 43.8 Å². The van der Waals surface area contributed by atoms with Crippen molar-refractivity contribution in [3.63, 3.8) is 0 Å². The van der Waals surface area contributed by atoms with Gasteiger partial charge in [0.05, 0.1) is 32.3 Å². The zero-order valence-electron chi connectivity index (χ0n) is 17.4. The lowest BCUT2D eigenvalue weighted by atomic mass is 9.99. The highest BCUT2D eigenvalue weighted by molar-refractivity contribution is 6.30. The molecule has 8 heteroatoms. The van der Waals surface area contributed by atoms with Gasteiger partial charge in [0.1, 0.15) is 0 Å². The number of rotatable bonds is 5. The fourth-order valence-corrected chi connectivity index (χ4v) is 4.38. The number of hydrogen-bond acceptors (Lipinski definition) is 5. The van der Waals surface area contributed by atoms with Crippen LogP contribution in [0.5, 0.6) is 0 Å². The third-order valence-electron chi connectivity index (χ3n) is 5.80. The summed E-state index contributed by atoms with van der Waals surface area (Å²) in [5.41, 5.74) is 1.17. The van der Waals surface area contributed by atoms with Crippen LogP contribution in [0.3, 0.4) is 0 Å². The first-order chi connectivity index (χ1) is 14.0. The molecular weight excluding hydrogens is 392 g/mol. The van der Waals surface area contributed by atoms with Crippen molar-refractivity contribution in [1.29, 1.82) is 0 Å².